The number of unbranched alkanes of at least 4 members (excludes halogenated alkanes) is 11. The molecule has 1 heterocycles. The molecule has 0 aliphatic carbocycles. The van der Waals surface area contributed by atoms with Gasteiger partial charge in [0.2, 0.25) is 5.78 Å². The van der Waals surface area contributed by atoms with Gasteiger partial charge in [-0.1, -0.05) is 70.4 Å². The van der Waals surface area contributed by atoms with E-state index in [2.05, 4.69) is 23.8 Å². The Morgan fingerprint density at radius 1 is 0.885 bits per heavy atom. The largest absolute Gasteiger partial charge is 0.511 e. The van der Waals surface area contributed by atoms with Crippen molar-refractivity contribution in [3.8, 4) is 0 Å². The van der Waals surface area contributed by atoms with Crippen molar-refractivity contribution in [2.75, 3.05) is 6.61 Å². The number of cyclic esters (lactones) is 1. The Balaban J connectivity index is 1.93. The number of carbonyl (C=O) groups is 2. The average molecular weight is 365 g/mol. The van der Waals surface area contributed by atoms with Gasteiger partial charge in [-0.3, -0.25) is 4.79 Å². The quantitative estimate of drug-likeness (QED) is 0.0972. The Hall–Kier alpha value is -1.58. The van der Waals surface area contributed by atoms with Crippen LogP contribution in [0, 0.1) is 0 Å². The zero-order valence-corrected chi connectivity index (χ0v) is 16.4. The number of carbonyl (C=O) groups excluding carboxylic acids is 2. The molecule has 0 bridgehead atoms. The summed E-state index contributed by atoms with van der Waals surface area (Å²) in [7, 11) is 0. The zero-order chi connectivity index (χ0) is 19.0. The van der Waals surface area contributed by atoms with Crippen molar-refractivity contribution in [2.45, 2.75) is 96.8 Å². The first-order valence-electron chi connectivity index (χ1n) is 10.4. The highest BCUT2D eigenvalue weighted by atomic mass is 16.5. The summed E-state index contributed by atoms with van der Waals surface area (Å²) in [6.07, 6.45) is 20.8. The Morgan fingerprint density at radius 2 is 1.42 bits per heavy atom. The highest BCUT2D eigenvalue weighted by Gasteiger charge is 2.31. The zero-order valence-electron chi connectivity index (χ0n) is 16.4. The number of ketones is 1. The Morgan fingerprint density at radius 3 is 1.96 bits per heavy atom. The molecule has 1 aliphatic rings. The minimum Gasteiger partial charge on any atom is -0.511 e. The summed E-state index contributed by atoms with van der Waals surface area (Å²) in [6, 6.07) is 0. The third-order valence-corrected chi connectivity index (χ3v) is 4.78. The molecule has 0 aromatic heterocycles. The molecule has 1 aliphatic heterocycles. The van der Waals surface area contributed by atoms with Gasteiger partial charge in [-0.05, 0) is 32.1 Å². The lowest BCUT2D eigenvalue weighted by Gasteiger charge is -2.01. The minimum absolute atomic E-state index is 0.115. The normalized spacial score (nSPS) is 16.5. The molecule has 0 amide bonds. The van der Waals surface area contributed by atoms with Gasteiger partial charge in [0, 0.05) is 6.42 Å². The van der Waals surface area contributed by atoms with Crippen LogP contribution < -0.4 is 0 Å². The number of esters is 1. The number of rotatable bonds is 15. The predicted molar refractivity (Wildman–Crippen MR) is 105 cm³/mol. The SMILES string of the molecule is CCCCCCCCCCCC=CCCCCC(O)=C1C(=O)COC1=O. The molecule has 1 fully saturated rings. The first kappa shape index (κ1) is 22.5. The van der Waals surface area contributed by atoms with E-state index < -0.39 is 11.8 Å². The summed E-state index contributed by atoms with van der Waals surface area (Å²) in [4.78, 5) is 22.7. The van der Waals surface area contributed by atoms with Crippen LogP contribution in [0.4, 0.5) is 0 Å². The molecule has 4 heteroatoms. The van der Waals surface area contributed by atoms with E-state index in [1.54, 1.807) is 0 Å². The molecule has 26 heavy (non-hydrogen) atoms. The highest BCUT2D eigenvalue weighted by Crippen LogP contribution is 2.18. The molecule has 0 atom stereocenters. The van der Waals surface area contributed by atoms with Crippen LogP contribution in [-0.2, 0) is 14.3 Å². The molecule has 0 unspecified atom stereocenters. The maximum atomic E-state index is 11.4. The highest BCUT2D eigenvalue weighted by molar-refractivity contribution is 6.22. The number of ether oxygens (including phenoxy) is 1. The molecule has 0 aromatic rings. The van der Waals surface area contributed by atoms with Crippen molar-refractivity contribution in [3.63, 3.8) is 0 Å². The first-order chi connectivity index (χ1) is 12.7. The average Bonchev–Trinajstić information content (AvgIpc) is 2.96. The van der Waals surface area contributed by atoms with Gasteiger partial charge < -0.3 is 9.84 Å². The monoisotopic (exact) mass is 364 g/mol. The smallest absolute Gasteiger partial charge is 0.345 e. The van der Waals surface area contributed by atoms with E-state index in [1.807, 2.05) is 0 Å². The Bertz CT molecular complexity index is 459. The second kappa shape index (κ2) is 14.6. The van der Waals surface area contributed by atoms with Crippen molar-refractivity contribution in [1.82, 2.24) is 0 Å². The number of hydrogen-bond donors (Lipinski definition) is 1. The number of Topliss-reactive ketones (excluding diaryl/α,β-unsaturated/α-hetero) is 1. The maximum absolute atomic E-state index is 11.4. The van der Waals surface area contributed by atoms with Crippen LogP contribution in [0.25, 0.3) is 0 Å². The van der Waals surface area contributed by atoms with E-state index in [1.165, 1.54) is 57.8 Å². The van der Waals surface area contributed by atoms with Gasteiger partial charge in [0.05, 0.1) is 0 Å². The van der Waals surface area contributed by atoms with Crippen molar-refractivity contribution < 1.29 is 19.4 Å². The van der Waals surface area contributed by atoms with Crippen molar-refractivity contribution in [2.24, 2.45) is 0 Å². The third kappa shape index (κ3) is 9.79. The van der Waals surface area contributed by atoms with E-state index in [9.17, 15) is 14.7 Å². The molecule has 0 spiro atoms. The van der Waals surface area contributed by atoms with Gasteiger partial charge in [-0.25, -0.2) is 4.79 Å². The maximum Gasteiger partial charge on any atom is 0.345 e. The van der Waals surface area contributed by atoms with Crippen molar-refractivity contribution in [1.29, 1.82) is 0 Å². The van der Waals surface area contributed by atoms with Gasteiger partial charge in [0.15, 0.2) is 6.61 Å². The standard InChI is InChI=1S/C22H36O4/c1-2-3-4-5-6-7-8-9-10-11-12-13-14-15-16-17-19(23)21-20(24)18-26-22(21)25/h12-13,23H,2-11,14-18H2,1H3. The fourth-order valence-corrected chi connectivity index (χ4v) is 3.16. The lowest BCUT2D eigenvalue weighted by atomic mass is 10.1. The van der Waals surface area contributed by atoms with Crippen LogP contribution in [0.3, 0.4) is 0 Å². The fourth-order valence-electron chi connectivity index (χ4n) is 3.16. The molecule has 1 saturated heterocycles. The fraction of sp³-hybridized carbons (Fsp3) is 0.727. The summed E-state index contributed by atoms with van der Waals surface area (Å²) in [6.45, 7) is 2.02. The molecule has 148 valence electrons. The van der Waals surface area contributed by atoms with Crippen LogP contribution >= 0.6 is 0 Å². The van der Waals surface area contributed by atoms with E-state index in [4.69, 9.17) is 0 Å². The summed E-state index contributed by atoms with van der Waals surface area (Å²) < 4.78 is 4.61. The van der Waals surface area contributed by atoms with Gasteiger partial charge in [-0.2, -0.15) is 0 Å². The van der Waals surface area contributed by atoms with Gasteiger partial charge >= 0.3 is 5.97 Å². The van der Waals surface area contributed by atoms with Crippen LogP contribution in [-0.4, -0.2) is 23.5 Å². The van der Waals surface area contributed by atoms with Crippen LogP contribution in [0.2, 0.25) is 0 Å². The van der Waals surface area contributed by atoms with Crippen LogP contribution in [0.15, 0.2) is 23.5 Å². The molecule has 0 aromatic carbocycles. The first-order valence-corrected chi connectivity index (χ1v) is 10.4. The van der Waals surface area contributed by atoms with Gasteiger partial charge in [0.25, 0.3) is 0 Å². The van der Waals surface area contributed by atoms with E-state index >= 15 is 0 Å². The lowest BCUT2D eigenvalue weighted by Crippen LogP contribution is -2.05. The molecule has 0 saturated carbocycles. The molecule has 0 radical (unpaired) electrons. The Kier molecular flexibility index (Phi) is 12.6. The van der Waals surface area contributed by atoms with Crippen molar-refractivity contribution >= 4 is 11.8 Å². The summed E-state index contributed by atoms with van der Waals surface area (Å²) in [5.41, 5.74) is -0.147. The number of aliphatic hydroxyl groups is 1. The van der Waals surface area contributed by atoms with Gasteiger partial charge in [-0.15, -0.1) is 0 Å². The Labute approximate surface area is 158 Å². The van der Waals surface area contributed by atoms with Gasteiger partial charge in [0.1, 0.15) is 11.3 Å². The molecule has 4 nitrogen and oxygen atoms in total. The third-order valence-electron chi connectivity index (χ3n) is 4.78. The summed E-state index contributed by atoms with van der Waals surface area (Å²) in [5.74, 6) is -1.21. The number of hydrogen-bond acceptors (Lipinski definition) is 4. The summed E-state index contributed by atoms with van der Waals surface area (Å²) >= 11 is 0. The second-order valence-corrected chi connectivity index (χ2v) is 7.16. The molecular formula is C22H36O4. The van der Waals surface area contributed by atoms with Crippen molar-refractivity contribution in [3.05, 3.63) is 23.5 Å². The summed E-state index contributed by atoms with van der Waals surface area (Å²) in [5, 5.41) is 9.83. The second-order valence-electron chi connectivity index (χ2n) is 7.16. The van der Waals surface area contributed by atoms with Crippen LogP contribution in [0.1, 0.15) is 96.8 Å². The minimum atomic E-state index is -0.687. The van der Waals surface area contributed by atoms with Crippen LogP contribution in [0.5, 0.6) is 0 Å². The number of aliphatic hydroxyl groups excluding tert-OH is 1. The van der Waals surface area contributed by atoms with E-state index in [0.717, 1.165) is 25.7 Å². The predicted octanol–water partition coefficient (Wildman–Crippen LogP) is 5.96. The van der Waals surface area contributed by atoms with E-state index in [0.29, 0.717) is 6.42 Å². The number of allylic oxidation sites excluding steroid dienone is 3. The van der Waals surface area contributed by atoms with E-state index in [-0.39, 0.29) is 17.9 Å². The topological polar surface area (TPSA) is 63.6 Å². The lowest BCUT2D eigenvalue weighted by molar-refractivity contribution is -0.135. The molecule has 1 rings (SSSR count). The molecular weight excluding hydrogens is 328 g/mol. The molecule has 1 N–H and O–H groups in total.